The minimum Gasteiger partial charge on any atom is -0.465 e. The number of carbonyl (C=O) groups is 3. The Morgan fingerprint density at radius 3 is 2.09 bits per heavy atom. The van der Waals surface area contributed by atoms with Crippen molar-refractivity contribution in [1.29, 1.82) is 0 Å². The van der Waals surface area contributed by atoms with Gasteiger partial charge in [-0.05, 0) is 173 Å². The van der Waals surface area contributed by atoms with Crippen molar-refractivity contribution in [2.45, 2.75) is 118 Å². The van der Waals surface area contributed by atoms with Crippen LogP contribution in [0.15, 0.2) is 54.6 Å². The number of hydrogen-bond acceptors (Lipinski definition) is 6. The second-order valence-electron chi connectivity index (χ2n) is 20.0. The van der Waals surface area contributed by atoms with Crippen molar-refractivity contribution in [2.24, 2.45) is 56.7 Å². The number of alkyl halides is 3. The highest BCUT2D eigenvalue weighted by Gasteiger charge is 2.75. The number of rotatable bonds is 11. The summed E-state index contributed by atoms with van der Waals surface area (Å²) in [5, 5.41) is 4.10. The molecule has 5 aliphatic carbocycles. The largest absolute Gasteiger partial charge is 0.465 e. The smallest absolute Gasteiger partial charge is 0.394 e. The third kappa shape index (κ3) is 6.53. The van der Waals surface area contributed by atoms with Gasteiger partial charge in [0.1, 0.15) is 18.5 Å². The molecule has 5 aliphatic rings. The number of ether oxygens (including phenoxy) is 3. The number of esters is 3. The number of hydrogen-bond donors (Lipinski definition) is 0. The second kappa shape index (κ2) is 13.0. The zero-order valence-electron chi connectivity index (χ0n) is 33.0. The molecule has 4 bridgehead atoms. The van der Waals surface area contributed by atoms with E-state index in [1.165, 1.54) is 38.5 Å². The number of benzene rings is 3. The monoisotopic (exact) mass is 760 g/mol. The van der Waals surface area contributed by atoms with Crippen molar-refractivity contribution >= 4 is 39.5 Å². The summed E-state index contributed by atoms with van der Waals surface area (Å²) < 4.78 is 57.7. The van der Waals surface area contributed by atoms with Crippen molar-refractivity contribution in [2.75, 3.05) is 6.61 Å². The standard InChI is InChI=1S/C46H55F3O6/c1-27(46(47,48)49)24-53-38(50)41(2,3)25-43(6,40(52)55-35-23-45-16-9-15-44-17-14-31(21-44)36(37(44)45)34(35)22-45)26-42(4,5)39(51)54-33-13-12-30-18-28-10-7-8-11-29(28)19-32(30)20-33/h7-8,10-13,18-20,27,31,34-37H,9,14-17,21-26H2,1-6H3. The summed E-state index contributed by atoms with van der Waals surface area (Å²) in [7, 11) is 0. The lowest BCUT2D eigenvalue weighted by atomic mass is 9.52. The SMILES string of the molecule is CC(COC(=O)C(C)(C)CC(C)(CC(C)(C)C(=O)Oc1ccc2cc3ccccc3cc2c1)C(=O)OC1CC23CCCC45CCC(C4)C(C1C2)C53)C(F)(F)F. The molecular weight excluding hydrogens is 705 g/mol. The fourth-order valence-corrected chi connectivity index (χ4v) is 13.0. The number of halogens is 3. The minimum atomic E-state index is -4.51. The molecule has 2 spiro atoms. The first-order chi connectivity index (χ1) is 25.7. The predicted octanol–water partition coefficient (Wildman–Crippen LogP) is 11.0. The Morgan fingerprint density at radius 1 is 0.764 bits per heavy atom. The van der Waals surface area contributed by atoms with Gasteiger partial charge in [-0.3, -0.25) is 14.4 Å². The molecule has 5 saturated carbocycles. The molecule has 5 fully saturated rings. The molecule has 0 N–H and O–H groups in total. The van der Waals surface area contributed by atoms with E-state index in [4.69, 9.17) is 14.2 Å². The van der Waals surface area contributed by atoms with Gasteiger partial charge in [-0.2, -0.15) is 13.2 Å². The molecule has 3 aromatic rings. The zero-order chi connectivity index (χ0) is 39.3. The van der Waals surface area contributed by atoms with Gasteiger partial charge in [-0.25, -0.2) is 0 Å². The first-order valence-corrected chi connectivity index (χ1v) is 20.3. The zero-order valence-corrected chi connectivity index (χ0v) is 33.0. The molecule has 9 unspecified atom stereocenters. The van der Waals surface area contributed by atoms with Gasteiger partial charge >= 0.3 is 24.1 Å². The Hall–Kier alpha value is -3.62. The maximum atomic E-state index is 14.8. The van der Waals surface area contributed by atoms with E-state index in [1.807, 2.05) is 36.4 Å². The molecule has 6 nitrogen and oxygen atoms in total. The summed E-state index contributed by atoms with van der Waals surface area (Å²) in [5.41, 5.74) is -3.25. The van der Waals surface area contributed by atoms with E-state index in [-0.39, 0.29) is 24.4 Å². The molecule has 9 atom stereocenters. The van der Waals surface area contributed by atoms with E-state index in [0.29, 0.717) is 28.9 Å². The lowest BCUT2D eigenvalue weighted by molar-refractivity contribution is -0.190. The molecule has 3 aromatic carbocycles. The molecule has 8 rings (SSSR count). The van der Waals surface area contributed by atoms with E-state index in [1.54, 1.807) is 40.7 Å². The Morgan fingerprint density at radius 2 is 1.40 bits per heavy atom. The van der Waals surface area contributed by atoms with E-state index >= 15 is 0 Å². The highest BCUT2D eigenvalue weighted by Crippen LogP contribution is 2.80. The summed E-state index contributed by atoms with van der Waals surface area (Å²) in [6.07, 6.45) is 4.78. The van der Waals surface area contributed by atoms with Crippen molar-refractivity contribution in [3.63, 3.8) is 0 Å². The van der Waals surface area contributed by atoms with Gasteiger partial charge in [-0.15, -0.1) is 0 Å². The fourth-order valence-electron chi connectivity index (χ4n) is 13.0. The highest BCUT2D eigenvalue weighted by atomic mass is 19.4. The summed E-state index contributed by atoms with van der Waals surface area (Å²) in [4.78, 5) is 42.3. The molecule has 0 amide bonds. The van der Waals surface area contributed by atoms with Crippen LogP contribution in [0.4, 0.5) is 13.2 Å². The van der Waals surface area contributed by atoms with Crippen LogP contribution in [-0.4, -0.2) is 36.8 Å². The van der Waals surface area contributed by atoms with E-state index in [9.17, 15) is 27.6 Å². The average molecular weight is 761 g/mol. The average Bonchev–Trinajstić information content (AvgIpc) is 3.86. The summed E-state index contributed by atoms with van der Waals surface area (Å²) in [6.45, 7) is 8.50. The van der Waals surface area contributed by atoms with Gasteiger partial charge in [0.25, 0.3) is 0 Å². The van der Waals surface area contributed by atoms with E-state index in [2.05, 4.69) is 12.1 Å². The van der Waals surface area contributed by atoms with Crippen molar-refractivity contribution in [3.05, 3.63) is 54.6 Å². The Balaban J connectivity index is 1.03. The molecule has 55 heavy (non-hydrogen) atoms. The molecule has 0 saturated heterocycles. The quantitative estimate of drug-likeness (QED) is 0.110. The van der Waals surface area contributed by atoms with Crippen molar-refractivity contribution in [1.82, 2.24) is 0 Å². The summed E-state index contributed by atoms with van der Waals surface area (Å²) >= 11 is 0. The van der Waals surface area contributed by atoms with Crippen LogP contribution >= 0.6 is 0 Å². The van der Waals surface area contributed by atoms with E-state index < -0.39 is 52.9 Å². The molecule has 0 heterocycles. The second-order valence-corrected chi connectivity index (χ2v) is 20.0. The number of fused-ring (bicyclic) bond motifs is 6. The van der Waals surface area contributed by atoms with Crippen LogP contribution in [-0.2, 0) is 23.9 Å². The van der Waals surface area contributed by atoms with Gasteiger partial charge in [0.05, 0.1) is 22.2 Å². The van der Waals surface area contributed by atoms with Crippen LogP contribution in [0.3, 0.4) is 0 Å². The lowest BCUT2D eigenvalue weighted by Crippen LogP contribution is -2.49. The maximum absolute atomic E-state index is 14.8. The third-order valence-electron chi connectivity index (χ3n) is 14.9. The van der Waals surface area contributed by atoms with Crippen molar-refractivity contribution in [3.8, 4) is 5.75 Å². The highest BCUT2D eigenvalue weighted by molar-refractivity contribution is 5.99. The Bertz CT molecular complexity index is 2040. The maximum Gasteiger partial charge on any atom is 0.394 e. The predicted molar refractivity (Wildman–Crippen MR) is 204 cm³/mol. The molecule has 0 aliphatic heterocycles. The van der Waals surface area contributed by atoms with Gasteiger partial charge in [0.2, 0.25) is 0 Å². The van der Waals surface area contributed by atoms with Crippen LogP contribution < -0.4 is 4.74 Å². The minimum absolute atomic E-state index is 0.00807. The molecule has 0 aromatic heterocycles. The van der Waals surface area contributed by atoms with E-state index in [0.717, 1.165) is 47.2 Å². The normalized spacial score (nSPS) is 31.3. The van der Waals surface area contributed by atoms with Crippen LogP contribution in [0.5, 0.6) is 5.75 Å². The molecule has 9 heteroatoms. The summed E-state index contributed by atoms with van der Waals surface area (Å²) in [5.74, 6) is -0.989. The first-order valence-electron chi connectivity index (χ1n) is 20.3. The van der Waals surface area contributed by atoms with Gasteiger partial charge in [-0.1, -0.05) is 43.7 Å². The Labute approximate surface area is 322 Å². The molecule has 0 radical (unpaired) electrons. The van der Waals surface area contributed by atoms with Crippen LogP contribution in [0.1, 0.15) is 106 Å². The van der Waals surface area contributed by atoms with Crippen LogP contribution in [0.25, 0.3) is 21.5 Å². The van der Waals surface area contributed by atoms with Crippen LogP contribution in [0.2, 0.25) is 0 Å². The number of carbonyl (C=O) groups excluding carboxylic acids is 3. The third-order valence-corrected chi connectivity index (χ3v) is 14.9. The fraction of sp³-hybridized carbons (Fsp3) is 0.630. The Kier molecular flexibility index (Phi) is 9.01. The lowest BCUT2D eigenvalue weighted by Gasteiger charge is -2.53. The topological polar surface area (TPSA) is 78.9 Å². The van der Waals surface area contributed by atoms with Gasteiger partial charge in [0.15, 0.2) is 0 Å². The van der Waals surface area contributed by atoms with Crippen LogP contribution in [0, 0.1) is 56.7 Å². The first kappa shape index (κ1) is 38.3. The van der Waals surface area contributed by atoms with Gasteiger partial charge < -0.3 is 14.2 Å². The molecular formula is C46H55F3O6. The van der Waals surface area contributed by atoms with Gasteiger partial charge in [0, 0.05) is 0 Å². The summed E-state index contributed by atoms with van der Waals surface area (Å²) in [6, 6.07) is 17.7. The molecule has 296 valence electrons. The van der Waals surface area contributed by atoms with Crippen molar-refractivity contribution < 1.29 is 41.8 Å².